The second-order valence-corrected chi connectivity index (χ2v) is 10.9. The molecule has 9 heavy (non-hydrogen) atoms. The van der Waals surface area contributed by atoms with Gasteiger partial charge in [-0.3, -0.25) is 8.88 Å². The van der Waals surface area contributed by atoms with Crippen LogP contribution in [0.15, 0.2) is 0 Å². The molecule has 0 aromatic carbocycles. The summed E-state index contributed by atoms with van der Waals surface area (Å²) < 4.78 is 16.1. The Morgan fingerprint density at radius 1 is 1.22 bits per heavy atom. The third-order valence-electron chi connectivity index (χ3n) is 0.393. The molecular formula is C4H12O2P2S. The van der Waals surface area contributed by atoms with E-state index in [-0.39, 0.29) is 0 Å². The van der Waals surface area contributed by atoms with E-state index >= 15 is 0 Å². The third-order valence-corrected chi connectivity index (χ3v) is 4.14. The Morgan fingerprint density at radius 3 is 1.56 bits per heavy atom. The summed E-state index contributed by atoms with van der Waals surface area (Å²) in [4.78, 5) is 0. The molecule has 0 aromatic heterocycles. The van der Waals surface area contributed by atoms with Crippen molar-refractivity contribution in [2.75, 3.05) is 26.7 Å². The smallest absolute Gasteiger partial charge is 0.200 e. The van der Waals surface area contributed by atoms with E-state index in [1.54, 1.807) is 13.3 Å². The van der Waals surface area contributed by atoms with Crippen LogP contribution in [0.3, 0.4) is 0 Å². The highest BCUT2D eigenvalue weighted by molar-refractivity contribution is 8.13. The predicted octanol–water partition coefficient (Wildman–Crippen LogP) is 2.19. The molecule has 0 atom stereocenters. The fourth-order valence-electron chi connectivity index (χ4n) is 0.474. The van der Waals surface area contributed by atoms with Gasteiger partial charge in [-0.15, -0.1) is 0 Å². The Kier molecular flexibility index (Phi) is 3.10. The van der Waals surface area contributed by atoms with Crippen molar-refractivity contribution in [2.45, 2.75) is 0 Å². The molecule has 0 amide bonds. The zero-order chi connectivity index (χ0) is 7.71. The van der Waals surface area contributed by atoms with E-state index < -0.39 is 13.6 Å². The molecule has 0 radical (unpaired) electrons. The SMILES string of the molecule is CP(C)(=O)OP(C)(C)=S. The molecule has 2 nitrogen and oxygen atoms in total. The van der Waals surface area contributed by atoms with Crippen LogP contribution < -0.4 is 0 Å². The van der Waals surface area contributed by atoms with Crippen LogP contribution in [-0.2, 0) is 20.7 Å². The van der Waals surface area contributed by atoms with Gasteiger partial charge in [-0.2, -0.15) is 0 Å². The summed E-state index contributed by atoms with van der Waals surface area (Å²) in [6.45, 7) is 6.81. The Labute approximate surface area is 61.5 Å². The minimum atomic E-state index is -2.34. The third kappa shape index (κ3) is 8.84. The first-order valence-corrected chi connectivity index (χ1v) is 8.65. The van der Waals surface area contributed by atoms with Gasteiger partial charge in [-0.1, -0.05) is 11.8 Å². The molecule has 5 heteroatoms. The topological polar surface area (TPSA) is 26.3 Å². The highest BCUT2D eigenvalue weighted by Crippen LogP contribution is 2.55. The van der Waals surface area contributed by atoms with Crippen molar-refractivity contribution in [3.05, 3.63) is 0 Å². The summed E-state index contributed by atoms with van der Waals surface area (Å²) >= 11 is 4.95. The summed E-state index contributed by atoms with van der Waals surface area (Å²) in [7, 11) is -2.34. The first kappa shape index (κ1) is 9.84. The van der Waals surface area contributed by atoms with Crippen LogP contribution in [-0.4, -0.2) is 26.7 Å². The van der Waals surface area contributed by atoms with Gasteiger partial charge in [0, 0.05) is 13.3 Å². The molecule has 0 aliphatic carbocycles. The maximum Gasteiger partial charge on any atom is 0.200 e. The lowest BCUT2D eigenvalue weighted by molar-refractivity contribution is 0.517. The van der Waals surface area contributed by atoms with E-state index in [1.165, 1.54) is 0 Å². The van der Waals surface area contributed by atoms with E-state index in [1.807, 2.05) is 13.3 Å². The van der Waals surface area contributed by atoms with Gasteiger partial charge in [-0.25, -0.2) is 0 Å². The Morgan fingerprint density at radius 2 is 1.56 bits per heavy atom. The summed E-state index contributed by atoms with van der Waals surface area (Å²) in [6, 6.07) is 0. The summed E-state index contributed by atoms with van der Waals surface area (Å²) in [5.74, 6) is 0. The molecule has 0 aliphatic rings. The molecule has 0 spiro atoms. The van der Waals surface area contributed by atoms with Crippen LogP contribution in [0.4, 0.5) is 0 Å². The van der Waals surface area contributed by atoms with Gasteiger partial charge >= 0.3 is 0 Å². The first-order valence-electron chi connectivity index (χ1n) is 2.52. The Balaban J connectivity index is 4.07. The molecule has 0 heterocycles. The maximum atomic E-state index is 11.0. The normalized spacial score (nSPS) is 13.8. The second kappa shape index (κ2) is 2.84. The van der Waals surface area contributed by atoms with E-state index in [9.17, 15) is 4.57 Å². The zero-order valence-electron chi connectivity index (χ0n) is 6.12. The highest BCUT2D eigenvalue weighted by Gasteiger charge is 2.13. The fourth-order valence-corrected chi connectivity index (χ4v) is 5.71. The van der Waals surface area contributed by atoms with Crippen LogP contribution in [0.2, 0.25) is 0 Å². The Bertz CT molecular complexity index is 157. The highest BCUT2D eigenvalue weighted by atomic mass is 32.4. The van der Waals surface area contributed by atoms with E-state index in [0.29, 0.717) is 0 Å². The monoisotopic (exact) mass is 186 g/mol. The molecule has 0 rings (SSSR count). The van der Waals surface area contributed by atoms with Crippen molar-refractivity contribution in [1.29, 1.82) is 0 Å². The van der Waals surface area contributed by atoms with Gasteiger partial charge in [0.15, 0.2) is 0 Å². The summed E-state index contributed by atoms with van der Waals surface area (Å²) in [5.41, 5.74) is 0. The molecule has 0 unspecified atom stereocenters. The van der Waals surface area contributed by atoms with Crippen molar-refractivity contribution >= 4 is 25.4 Å². The molecular weight excluding hydrogens is 174 g/mol. The van der Waals surface area contributed by atoms with Gasteiger partial charge in [0.2, 0.25) is 7.37 Å². The lowest BCUT2D eigenvalue weighted by Crippen LogP contribution is -1.81. The lowest BCUT2D eigenvalue weighted by atomic mass is 11.9. The Hall–Kier alpha value is 0.840. The fraction of sp³-hybridized carbons (Fsp3) is 1.00. The maximum absolute atomic E-state index is 11.0. The van der Waals surface area contributed by atoms with Gasteiger partial charge in [0.1, 0.15) is 0 Å². The predicted molar refractivity (Wildman–Crippen MR) is 46.7 cm³/mol. The molecule has 0 saturated heterocycles. The van der Waals surface area contributed by atoms with Crippen LogP contribution in [0.25, 0.3) is 0 Å². The quantitative estimate of drug-likeness (QED) is 0.618. The standard InChI is InChI=1S/C4H12O2P2S/c1-7(2,5)6-8(3,4)9/h1-4H3. The van der Waals surface area contributed by atoms with E-state index in [2.05, 4.69) is 0 Å². The van der Waals surface area contributed by atoms with Crippen LogP contribution >= 0.6 is 13.6 Å². The molecule has 0 aliphatic heterocycles. The van der Waals surface area contributed by atoms with Crippen LogP contribution in [0.5, 0.6) is 0 Å². The minimum Gasteiger partial charge on any atom is -0.297 e. The average Bonchev–Trinajstić information content (AvgIpc) is 1.14. The van der Waals surface area contributed by atoms with Gasteiger partial charge in [0.25, 0.3) is 0 Å². The van der Waals surface area contributed by atoms with Crippen molar-refractivity contribution in [1.82, 2.24) is 0 Å². The van der Waals surface area contributed by atoms with Crippen molar-refractivity contribution in [2.24, 2.45) is 0 Å². The van der Waals surface area contributed by atoms with Crippen molar-refractivity contribution in [3.63, 3.8) is 0 Å². The number of hydrogen-bond donors (Lipinski definition) is 0. The zero-order valence-corrected chi connectivity index (χ0v) is 8.72. The number of hydrogen-bond acceptors (Lipinski definition) is 3. The first-order chi connectivity index (χ1) is 3.71. The largest absolute Gasteiger partial charge is 0.297 e. The second-order valence-electron chi connectivity index (χ2n) is 2.59. The molecule has 0 bridgehead atoms. The lowest BCUT2D eigenvalue weighted by Gasteiger charge is -2.14. The molecule has 0 N–H and O–H groups in total. The molecule has 56 valence electrons. The summed E-state index contributed by atoms with van der Waals surface area (Å²) in [6.07, 6.45) is -1.72. The van der Waals surface area contributed by atoms with Crippen LogP contribution in [0.1, 0.15) is 0 Å². The van der Waals surface area contributed by atoms with Gasteiger partial charge < -0.3 is 0 Å². The molecule has 0 aromatic rings. The summed E-state index contributed by atoms with van der Waals surface area (Å²) in [5, 5.41) is 0. The van der Waals surface area contributed by atoms with Gasteiger partial charge in [0.05, 0.1) is 6.26 Å². The van der Waals surface area contributed by atoms with Crippen molar-refractivity contribution < 1.29 is 8.88 Å². The minimum absolute atomic E-state index is 1.58. The van der Waals surface area contributed by atoms with E-state index in [4.69, 9.17) is 16.1 Å². The van der Waals surface area contributed by atoms with E-state index in [0.717, 1.165) is 0 Å². The van der Waals surface area contributed by atoms with Crippen molar-refractivity contribution in [3.8, 4) is 0 Å². The number of rotatable bonds is 2. The van der Waals surface area contributed by atoms with Gasteiger partial charge in [-0.05, 0) is 13.3 Å². The average molecular weight is 186 g/mol. The van der Waals surface area contributed by atoms with Crippen LogP contribution in [0, 0.1) is 0 Å². The molecule has 0 saturated carbocycles. The molecule has 0 fully saturated rings.